The zero-order valence-corrected chi connectivity index (χ0v) is 13.4. The van der Waals surface area contributed by atoms with Crippen LogP contribution in [0.1, 0.15) is 32.8 Å². The molecule has 102 valence electrons. The predicted molar refractivity (Wildman–Crippen MR) is 80.7 cm³/mol. The summed E-state index contributed by atoms with van der Waals surface area (Å²) in [5.74, 6) is 0.368. The van der Waals surface area contributed by atoms with Gasteiger partial charge in [-0.25, -0.2) is 0 Å². The molecule has 4 heteroatoms. The van der Waals surface area contributed by atoms with Gasteiger partial charge in [-0.2, -0.15) is 0 Å². The quantitative estimate of drug-likeness (QED) is 0.857. The molecule has 1 rings (SSSR count). The van der Waals surface area contributed by atoms with Crippen molar-refractivity contribution in [2.24, 2.45) is 17.6 Å². The SMILES string of the molecule is CCC(C)[C@H](CO)[C@@](C)(N)c1ccc(Br)c(Cl)c1. The number of aliphatic hydroxyl groups excluding tert-OH is 1. The molecule has 0 fully saturated rings. The Kier molecular flexibility index (Phi) is 5.66. The molecule has 0 heterocycles. The lowest BCUT2D eigenvalue weighted by Gasteiger charge is -2.37. The average molecular weight is 335 g/mol. The molecule has 2 nitrogen and oxygen atoms in total. The minimum Gasteiger partial charge on any atom is -0.396 e. The summed E-state index contributed by atoms with van der Waals surface area (Å²) in [4.78, 5) is 0. The van der Waals surface area contributed by atoms with Gasteiger partial charge < -0.3 is 10.8 Å². The van der Waals surface area contributed by atoms with Crippen molar-refractivity contribution in [3.05, 3.63) is 33.3 Å². The van der Waals surface area contributed by atoms with E-state index in [0.717, 1.165) is 16.5 Å². The highest BCUT2D eigenvalue weighted by Gasteiger charge is 2.34. The Morgan fingerprint density at radius 1 is 1.50 bits per heavy atom. The highest BCUT2D eigenvalue weighted by atomic mass is 79.9. The molecule has 0 saturated heterocycles. The van der Waals surface area contributed by atoms with Crippen LogP contribution in [0.2, 0.25) is 5.02 Å². The van der Waals surface area contributed by atoms with Crippen LogP contribution in [-0.2, 0) is 5.54 Å². The van der Waals surface area contributed by atoms with Crippen LogP contribution in [-0.4, -0.2) is 11.7 Å². The van der Waals surface area contributed by atoms with Crippen molar-refractivity contribution >= 4 is 27.5 Å². The van der Waals surface area contributed by atoms with Gasteiger partial charge in [0.05, 0.1) is 5.02 Å². The number of nitrogens with two attached hydrogens (primary N) is 1. The maximum atomic E-state index is 9.63. The normalized spacial score (nSPS) is 18.2. The van der Waals surface area contributed by atoms with E-state index in [0.29, 0.717) is 10.9 Å². The summed E-state index contributed by atoms with van der Waals surface area (Å²) in [6.45, 7) is 6.26. The Balaban J connectivity index is 3.13. The molecule has 0 aliphatic heterocycles. The maximum absolute atomic E-state index is 9.63. The van der Waals surface area contributed by atoms with Crippen molar-refractivity contribution in [3.63, 3.8) is 0 Å². The predicted octanol–water partition coefficient (Wildman–Crippen LogP) is 3.93. The number of rotatable bonds is 5. The second-order valence-electron chi connectivity index (χ2n) is 5.09. The van der Waals surface area contributed by atoms with E-state index in [1.807, 2.05) is 25.1 Å². The monoisotopic (exact) mass is 333 g/mol. The Labute approximate surface area is 123 Å². The van der Waals surface area contributed by atoms with Crippen LogP contribution < -0.4 is 5.73 Å². The van der Waals surface area contributed by atoms with Crippen molar-refractivity contribution in [2.75, 3.05) is 6.61 Å². The maximum Gasteiger partial charge on any atom is 0.0551 e. The van der Waals surface area contributed by atoms with E-state index in [-0.39, 0.29) is 12.5 Å². The van der Waals surface area contributed by atoms with E-state index in [9.17, 15) is 5.11 Å². The first-order valence-corrected chi connectivity index (χ1v) is 7.36. The van der Waals surface area contributed by atoms with Crippen molar-refractivity contribution in [2.45, 2.75) is 32.7 Å². The first-order valence-electron chi connectivity index (χ1n) is 6.19. The van der Waals surface area contributed by atoms with Crippen LogP contribution in [0, 0.1) is 11.8 Å². The van der Waals surface area contributed by atoms with Gasteiger partial charge in [0.15, 0.2) is 0 Å². The van der Waals surface area contributed by atoms with Crippen molar-refractivity contribution in [1.82, 2.24) is 0 Å². The van der Waals surface area contributed by atoms with Crippen molar-refractivity contribution in [1.29, 1.82) is 0 Å². The molecule has 0 amide bonds. The third kappa shape index (κ3) is 3.27. The number of hydrogen-bond donors (Lipinski definition) is 2. The Bertz CT molecular complexity index is 409. The molecule has 1 aromatic rings. The van der Waals surface area contributed by atoms with Gasteiger partial charge in [-0.05, 0) is 46.5 Å². The van der Waals surface area contributed by atoms with Gasteiger partial charge >= 0.3 is 0 Å². The van der Waals surface area contributed by atoms with Crippen molar-refractivity contribution in [3.8, 4) is 0 Å². The summed E-state index contributed by atoms with van der Waals surface area (Å²) >= 11 is 9.49. The fourth-order valence-electron chi connectivity index (χ4n) is 2.29. The molecule has 18 heavy (non-hydrogen) atoms. The van der Waals surface area contributed by atoms with Crippen LogP contribution >= 0.6 is 27.5 Å². The Morgan fingerprint density at radius 2 is 2.11 bits per heavy atom. The summed E-state index contributed by atoms with van der Waals surface area (Å²) in [6.07, 6.45) is 0.988. The standard InChI is InChI=1S/C14H21BrClNO/c1-4-9(2)11(8-18)14(3,17)10-5-6-12(15)13(16)7-10/h5-7,9,11,18H,4,8,17H2,1-3H3/t9?,11-,14-/m0/s1. The molecule has 0 saturated carbocycles. The third-order valence-electron chi connectivity index (χ3n) is 3.84. The second kappa shape index (κ2) is 6.38. The van der Waals surface area contributed by atoms with Gasteiger partial charge in [0.1, 0.15) is 0 Å². The molecular weight excluding hydrogens is 314 g/mol. The number of benzene rings is 1. The van der Waals surface area contributed by atoms with E-state index >= 15 is 0 Å². The van der Waals surface area contributed by atoms with Crippen LogP contribution in [0.5, 0.6) is 0 Å². The fraction of sp³-hybridized carbons (Fsp3) is 0.571. The van der Waals surface area contributed by atoms with Gasteiger partial charge in [0.25, 0.3) is 0 Å². The summed E-state index contributed by atoms with van der Waals surface area (Å²) in [6, 6.07) is 5.73. The highest BCUT2D eigenvalue weighted by Crippen LogP contribution is 2.35. The van der Waals surface area contributed by atoms with Gasteiger partial charge in [-0.15, -0.1) is 0 Å². The molecule has 3 atom stereocenters. The Morgan fingerprint density at radius 3 is 2.56 bits per heavy atom. The smallest absolute Gasteiger partial charge is 0.0551 e. The van der Waals surface area contributed by atoms with Crippen LogP contribution in [0.25, 0.3) is 0 Å². The Hall–Kier alpha value is -0.0900. The van der Waals surface area contributed by atoms with E-state index < -0.39 is 5.54 Å². The third-order valence-corrected chi connectivity index (χ3v) is 5.07. The molecule has 3 N–H and O–H groups in total. The lowest BCUT2D eigenvalue weighted by molar-refractivity contribution is 0.111. The molecule has 0 aromatic heterocycles. The lowest BCUT2D eigenvalue weighted by Crippen LogP contribution is -2.45. The number of halogens is 2. The van der Waals surface area contributed by atoms with E-state index in [4.69, 9.17) is 17.3 Å². The van der Waals surface area contributed by atoms with Gasteiger partial charge in [0.2, 0.25) is 0 Å². The second-order valence-corrected chi connectivity index (χ2v) is 6.35. The zero-order valence-electron chi connectivity index (χ0n) is 11.1. The summed E-state index contributed by atoms with van der Waals surface area (Å²) in [5.41, 5.74) is 6.82. The van der Waals surface area contributed by atoms with E-state index in [1.54, 1.807) is 0 Å². The van der Waals surface area contributed by atoms with E-state index in [2.05, 4.69) is 29.8 Å². The first-order chi connectivity index (χ1) is 8.34. The van der Waals surface area contributed by atoms with Crippen LogP contribution in [0.3, 0.4) is 0 Å². The molecule has 1 unspecified atom stereocenters. The molecule has 0 spiro atoms. The summed E-state index contributed by atoms with van der Waals surface area (Å²) in [7, 11) is 0. The molecule has 0 aliphatic rings. The zero-order chi connectivity index (χ0) is 13.9. The molecule has 0 aliphatic carbocycles. The first kappa shape index (κ1) is 16.0. The minimum atomic E-state index is -0.589. The minimum absolute atomic E-state index is 0.0137. The van der Waals surface area contributed by atoms with Gasteiger partial charge in [-0.3, -0.25) is 0 Å². The fourth-order valence-corrected chi connectivity index (χ4v) is 2.72. The molecule has 0 radical (unpaired) electrons. The number of hydrogen-bond acceptors (Lipinski definition) is 2. The van der Waals surface area contributed by atoms with Crippen LogP contribution in [0.15, 0.2) is 22.7 Å². The van der Waals surface area contributed by atoms with Crippen molar-refractivity contribution < 1.29 is 5.11 Å². The lowest BCUT2D eigenvalue weighted by atomic mass is 9.73. The summed E-state index contributed by atoms with van der Waals surface area (Å²) in [5, 5.41) is 10.3. The molecule has 0 bridgehead atoms. The summed E-state index contributed by atoms with van der Waals surface area (Å²) < 4.78 is 0.854. The van der Waals surface area contributed by atoms with E-state index in [1.165, 1.54) is 0 Å². The molecular formula is C14H21BrClNO. The topological polar surface area (TPSA) is 46.2 Å². The largest absolute Gasteiger partial charge is 0.396 e. The average Bonchev–Trinajstić information content (AvgIpc) is 2.32. The number of aliphatic hydroxyl groups is 1. The van der Waals surface area contributed by atoms with Gasteiger partial charge in [-0.1, -0.05) is 37.9 Å². The molecule has 1 aromatic carbocycles. The van der Waals surface area contributed by atoms with Gasteiger partial charge in [0, 0.05) is 22.5 Å². The van der Waals surface area contributed by atoms with Crippen LogP contribution in [0.4, 0.5) is 0 Å². The highest BCUT2D eigenvalue weighted by molar-refractivity contribution is 9.10.